The van der Waals surface area contributed by atoms with Gasteiger partial charge in [-0.1, -0.05) is 35.3 Å². The molecular weight excluding hydrogens is 293 g/mol. The van der Waals surface area contributed by atoms with Gasteiger partial charge < -0.3 is 4.74 Å². The molecule has 2 nitrogen and oxygen atoms in total. The summed E-state index contributed by atoms with van der Waals surface area (Å²) in [6, 6.07) is 15.0. The molecule has 0 saturated carbocycles. The Balaban J connectivity index is 2.17. The molecule has 0 saturated heterocycles. The normalized spacial score (nSPS) is 10.8. The number of benzene rings is 2. The summed E-state index contributed by atoms with van der Waals surface area (Å²) in [7, 11) is 1.63. The van der Waals surface area contributed by atoms with Crippen LogP contribution in [0.15, 0.2) is 48.5 Å². The van der Waals surface area contributed by atoms with E-state index >= 15 is 0 Å². The molecule has 100 valence electrons. The maximum absolute atomic E-state index is 6.35. The zero-order valence-electron chi connectivity index (χ0n) is 10.7. The van der Waals surface area contributed by atoms with Crippen molar-refractivity contribution in [3.63, 3.8) is 0 Å². The third kappa shape index (κ3) is 2.45. The highest BCUT2D eigenvalue weighted by atomic mass is 35.5. The Morgan fingerprint density at radius 1 is 0.950 bits per heavy atom. The number of hydrogen-bond acceptors (Lipinski definition) is 2. The van der Waals surface area contributed by atoms with Gasteiger partial charge in [0, 0.05) is 16.0 Å². The van der Waals surface area contributed by atoms with Gasteiger partial charge >= 0.3 is 0 Å². The van der Waals surface area contributed by atoms with Gasteiger partial charge in [-0.25, -0.2) is 4.98 Å². The minimum atomic E-state index is 0.652. The zero-order valence-corrected chi connectivity index (χ0v) is 12.2. The van der Waals surface area contributed by atoms with E-state index in [4.69, 9.17) is 27.9 Å². The number of fused-ring (bicyclic) bond motifs is 1. The average Bonchev–Trinajstić information content (AvgIpc) is 2.47. The Kier molecular flexibility index (Phi) is 3.51. The second kappa shape index (κ2) is 5.31. The van der Waals surface area contributed by atoms with Gasteiger partial charge in [-0.05, 0) is 36.4 Å². The lowest BCUT2D eigenvalue weighted by molar-refractivity contribution is 0.415. The van der Waals surface area contributed by atoms with Crippen LogP contribution in [0.2, 0.25) is 10.0 Å². The second-order valence-electron chi connectivity index (χ2n) is 4.38. The van der Waals surface area contributed by atoms with Crippen LogP contribution < -0.4 is 4.74 Å². The number of pyridine rings is 1. The lowest BCUT2D eigenvalue weighted by atomic mass is 10.1. The van der Waals surface area contributed by atoms with Gasteiger partial charge in [0.2, 0.25) is 0 Å². The van der Waals surface area contributed by atoms with Crippen LogP contribution in [0.25, 0.3) is 22.2 Å². The fourth-order valence-corrected chi connectivity index (χ4v) is 2.44. The highest BCUT2D eigenvalue weighted by Gasteiger charge is 2.07. The van der Waals surface area contributed by atoms with Crippen molar-refractivity contribution in [3.8, 4) is 17.0 Å². The molecule has 0 bridgehead atoms. The van der Waals surface area contributed by atoms with Crippen molar-refractivity contribution in [3.05, 3.63) is 58.6 Å². The Bertz CT molecular complexity index is 769. The van der Waals surface area contributed by atoms with Gasteiger partial charge in [0.05, 0.1) is 23.3 Å². The van der Waals surface area contributed by atoms with Crippen LogP contribution in [0.4, 0.5) is 0 Å². The first kappa shape index (κ1) is 13.2. The molecular formula is C16H11Cl2NO. The van der Waals surface area contributed by atoms with Crippen LogP contribution in [-0.2, 0) is 0 Å². The molecule has 0 atom stereocenters. The van der Waals surface area contributed by atoms with E-state index in [-0.39, 0.29) is 0 Å². The van der Waals surface area contributed by atoms with Crippen molar-refractivity contribution in [2.45, 2.75) is 0 Å². The Labute approximate surface area is 126 Å². The zero-order chi connectivity index (χ0) is 14.1. The third-order valence-electron chi connectivity index (χ3n) is 3.11. The Morgan fingerprint density at radius 2 is 1.70 bits per heavy atom. The summed E-state index contributed by atoms with van der Waals surface area (Å²) in [5.74, 6) is 0.764. The molecule has 20 heavy (non-hydrogen) atoms. The van der Waals surface area contributed by atoms with Crippen LogP contribution >= 0.6 is 23.2 Å². The second-order valence-corrected chi connectivity index (χ2v) is 5.22. The van der Waals surface area contributed by atoms with E-state index in [9.17, 15) is 0 Å². The highest BCUT2D eigenvalue weighted by Crippen LogP contribution is 2.30. The van der Waals surface area contributed by atoms with Crippen LogP contribution in [0.1, 0.15) is 0 Å². The standard InChI is InChI=1S/C16H11Cl2NO/c1-20-12-6-7-15-13(8-12)14(18)9-16(19-15)10-2-4-11(17)5-3-10/h2-9H,1H3. The van der Waals surface area contributed by atoms with Gasteiger partial charge in [0.25, 0.3) is 0 Å². The van der Waals surface area contributed by atoms with Gasteiger partial charge in [0.15, 0.2) is 0 Å². The van der Waals surface area contributed by atoms with E-state index in [1.54, 1.807) is 7.11 Å². The smallest absolute Gasteiger partial charge is 0.119 e. The Hall–Kier alpha value is -1.77. The molecule has 3 aromatic rings. The SMILES string of the molecule is COc1ccc2nc(-c3ccc(Cl)cc3)cc(Cl)c2c1. The van der Waals surface area contributed by atoms with Crippen molar-refractivity contribution in [1.82, 2.24) is 4.98 Å². The number of halogens is 2. The minimum absolute atomic E-state index is 0.652. The molecule has 1 aromatic heterocycles. The van der Waals surface area contributed by atoms with Gasteiger partial charge in [-0.3, -0.25) is 0 Å². The molecule has 0 aliphatic rings. The fraction of sp³-hybridized carbons (Fsp3) is 0.0625. The molecule has 2 aromatic carbocycles. The molecule has 4 heteroatoms. The van der Waals surface area contributed by atoms with E-state index in [0.29, 0.717) is 10.0 Å². The molecule has 0 N–H and O–H groups in total. The predicted octanol–water partition coefficient (Wildman–Crippen LogP) is 5.22. The van der Waals surface area contributed by atoms with Crippen LogP contribution in [0, 0.1) is 0 Å². The molecule has 0 amide bonds. The van der Waals surface area contributed by atoms with E-state index in [2.05, 4.69) is 4.98 Å². The van der Waals surface area contributed by atoms with Crippen LogP contribution in [0.3, 0.4) is 0 Å². The first-order chi connectivity index (χ1) is 9.67. The number of ether oxygens (including phenoxy) is 1. The topological polar surface area (TPSA) is 22.1 Å². The van der Waals surface area contributed by atoms with E-state index in [0.717, 1.165) is 27.9 Å². The Morgan fingerprint density at radius 3 is 2.40 bits per heavy atom. The quantitative estimate of drug-likeness (QED) is 0.648. The number of nitrogens with zero attached hydrogens (tertiary/aromatic N) is 1. The summed E-state index contributed by atoms with van der Waals surface area (Å²) >= 11 is 12.2. The number of rotatable bonds is 2. The molecule has 0 unspecified atom stereocenters. The fourth-order valence-electron chi connectivity index (χ4n) is 2.06. The predicted molar refractivity (Wildman–Crippen MR) is 83.8 cm³/mol. The molecule has 0 aliphatic carbocycles. The van der Waals surface area contributed by atoms with E-state index in [1.165, 1.54) is 0 Å². The lowest BCUT2D eigenvalue weighted by Crippen LogP contribution is -1.88. The molecule has 0 aliphatic heterocycles. The first-order valence-electron chi connectivity index (χ1n) is 6.07. The maximum Gasteiger partial charge on any atom is 0.119 e. The van der Waals surface area contributed by atoms with Crippen molar-refractivity contribution >= 4 is 34.1 Å². The summed E-state index contributed by atoms with van der Waals surface area (Å²) in [6.07, 6.45) is 0. The first-order valence-corrected chi connectivity index (χ1v) is 6.83. The molecule has 0 spiro atoms. The van der Waals surface area contributed by atoms with Crippen molar-refractivity contribution in [1.29, 1.82) is 0 Å². The number of hydrogen-bond donors (Lipinski definition) is 0. The van der Waals surface area contributed by atoms with Gasteiger partial charge in [-0.2, -0.15) is 0 Å². The average molecular weight is 304 g/mol. The van der Waals surface area contributed by atoms with Crippen LogP contribution in [0.5, 0.6) is 5.75 Å². The monoisotopic (exact) mass is 303 g/mol. The lowest BCUT2D eigenvalue weighted by Gasteiger charge is -2.07. The third-order valence-corrected chi connectivity index (χ3v) is 3.67. The molecule has 0 radical (unpaired) electrons. The maximum atomic E-state index is 6.35. The molecule has 3 rings (SSSR count). The summed E-state index contributed by atoms with van der Waals surface area (Å²) < 4.78 is 5.20. The molecule has 0 fully saturated rings. The van der Waals surface area contributed by atoms with E-state index in [1.807, 2.05) is 48.5 Å². The van der Waals surface area contributed by atoms with Gasteiger partial charge in [0.1, 0.15) is 5.75 Å². The summed E-state index contributed by atoms with van der Waals surface area (Å²) in [6.45, 7) is 0. The highest BCUT2D eigenvalue weighted by molar-refractivity contribution is 6.35. The van der Waals surface area contributed by atoms with Crippen molar-refractivity contribution < 1.29 is 4.74 Å². The van der Waals surface area contributed by atoms with Gasteiger partial charge in [-0.15, -0.1) is 0 Å². The minimum Gasteiger partial charge on any atom is -0.497 e. The van der Waals surface area contributed by atoms with Crippen molar-refractivity contribution in [2.75, 3.05) is 7.11 Å². The van der Waals surface area contributed by atoms with E-state index < -0.39 is 0 Å². The number of aromatic nitrogens is 1. The summed E-state index contributed by atoms with van der Waals surface area (Å²) in [4.78, 5) is 4.63. The number of methoxy groups -OCH3 is 1. The van der Waals surface area contributed by atoms with Crippen LogP contribution in [-0.4, -0.2) is 12.1 Å². The summed E-state index contributed by atoms with van der Waals surface area (Å²) in [5, 5.41) is 2.23. The molecule has 1 heterocycles. The van der Waals surface area contributed by atoms with Crippen molar-refractivity contribution in [2.24, 2.45) is 0 Å². The summed E-state index contributed by atoms with van der Waals surface area (Å²) in [5.41, 5.74) is 2.64. The largest absolute Gasteiger partial charge is 0.497 e.